The zero-order valence-corrected chi connectivity index (χ0v) is 26.5. The first-order valence-corrected chi connectivity index (χ1v) is 14.5. The van der Waals surface area contributed by atoms with Crippen LogP contribution >= 0.6 is 0 Å². The maximum Gasteiger partial charge on any atom is 0.460 e. The van der Waals surface area contributed by atoms with Crippen molar-refractivity contribution in [1.29, 1.82) is 0 Å². The molecule has 0 aromatic heterocycles. The van der Waals surface area contributed by atoms with E-state index in [1.54, 1.807) is 0 Å². The standard InChI is InChI=1S/C21H17F27N2O4S/c1-50(2,7-4-8(51)52)6-3-5-49-55(53,54)21(47,48)19(42,43)17(38,39)15(34,35)13(30,31)11(26,27)9(22,23)10(24,25)12(28,29)14(32,33)16(36,37)18(40,41)20(44,45)46/h49H,3-7H2,1-2H3. The van der Waals surface area contributed by atoms with E-state index in [1.165, 1.54) is 0 Å². The summed E-state index contributed by atoms with van der Waals surface area (Å²) in [6.45, 7) is -2.69. The highest BCUT2D eigenvalue weighted by Crippen LogP contribution is 2.68. The van der Waals surface area contributed by atoms with Crippen molar-refractivity contribution in [3.05, 3.63) is 0 Å². The van der Waals surface area contributed by atoms with Crippen LogP contribution in [0.2, 0.25) is 0 Å². The van der Waals surface area contributed by atoms with Gasteiger partial charge >= 0.3 is 76.6 Å². The maximum atomic E-state index is 14.2. The van der Waals surface area contributed by atoms with Crippen LogP contribution in [0.5, 0.6) is 0 Å². The fraction of sp³-hybridized carbons (Fsp3) is 0.952. The molecule has 0 heterocycles. The van der Waals surface area contributed by atoms with Crippen molar-refractivity contribution in [2.75, 3.05) is 33.7 Å². The van der Waals surface area contributed by atoms with E-state index < -0.39 is 130 Å². The molecular weight excluding hydrogens is 889 g/mol. The Hall–Kier alpha value is -2.55. The molecule has 0 saturated carbocycles. The van der Waals surface area contributed by atoms with Crippen LogP contribution in [0.3, 0.4) is 0 Å². The Labute approximate surface area is 286 Å². The lowest BCUT2D eigenvalue weighted by molar-refractivity contribution is -0.890. The molecule has 0 aliphatic heterocycles. The Morgan fingerprint density at radius 3 is 0.982 bits per heavy atom. The van der Waals surface area contributed by atoms with Crippen molar-refractivity contribution in [3.8, 4) is 0 Å². The average molecular weight is 906 g/mol. The van der Waals surface area contributed by atoms with E-state index in [0.717, 1.165) is 14.1 Å². The number of carbonyl (C=O) groups is 1. The van der Waals surface area contributed by atoms with Crippen LogP contribution in [0.15, 0.2) is 0 Å². The Morgan fingerprint density at radius 2 is 0.727 bits per heavy atom. The highest BCUT2D eigenvalue weighted by molar-refractivity contribution is 7.90. The molecule has 0 radical (unpaired) electrons. The fourth-order valence-corrected chi connectivity index (χ4v) is 4.67. The van der Waals surface area contributed by atoms with Gasteiger partial charge in [0.1, 0.15) is 0 Å². The van der Waals surface area contributed by atoms with Crippen molar-refractivity contribution in [2.24, 2.45) is 0 Å². The third-order valence-electron chi connectivity index (χ3n) is 7.16. The molecule has 0 unspecified atom stereocenters. The summed E-state index contributed by atoms with van der Waals surface area (Å²) in [6.07, 6.45) is -10.00. The van der Waals surface area contributed by atoms with Crippen LogP contribution in [0, 0.1) is 0 Å². The molecule has 34 heteroatoms. The zero-order chi connectivity index (χ0) is 45.3. The Morgan fingerprint density at radius 1 is 0.473 bits per heavy atom. The molecule has 330 valence electrons. The van der Waals surface area contributed by atoms with Gasteiger partial charge in [0.2, 0.25) is 0 Å². The van der Waals surface area contributed by atoms with Gasteiger partial charge in [-0.25, -0.2) is 13.1 Å². The lowest BCUT2D eigenvalue weighted by Gasteiger charge is -2.46. The Bertz CT molecular complexity index is 1500. The number of carbonyl (C=O) groups excluding carboxylic acids is 1. The van der Waals surface area contributed by atoms with Gasteiger partial charge in [0.05, 0.1) is 27.2 Å². The second-order valence-corrected chi connectivity index (χ2v) is 13.4. The van der Waals surface area contributed by atoms with Gasteiger partial charge in [-0.3, -0.25) is 0 Å². The fourth-order valence-electron chi connectivity index (χ4n) is 3.61. The molecule has 0 rings (SSSR count). The third-order valence-corrected chi connectivity index (χ3v) is 8.67. The predicted molar refractivity (Wildman–Crippen MR) is 118 cm³/mol. The number of alkyl halides is 27. The molecule has 0 fully saturated rings. The van der Waals surface area contributed by atoms with Crippen molar-refractivity contribution in [1.82, 2.24) is 4.72 Å². The lowest BCUT2D eigenvalue weighted by atomic mass is 9.84. The van der Waals surface area contributed by atoms with Gasteiger partial charge in [0.25, 0.3) is 10.0 Å². The van der Waals surface area contributed by atoms with E-state index in [9.17, 15) is 137 Å². The molecular formula is C21H17F27N2O4S. The number of hydrogen-bond donors (Lipinski definition) is 1. The van der Waals surface area contributed by atoms with Crippen LogP contribution in [0.1, 0.15) is 12.8 Å². The zero-order valence-electron chi connectivity index (χ0n) is 25.7. The molecule has 0 aromatic rings. The largest absolute Gasteiger partial charge is 0.550 e. The maximum absolute atomic E-state index is 14.2. The van der Waals surface area contributed by atoms with E-state index in [-0.39, 0.29) is 4.72 Å². The SMILES string of the molecule is C[N+](C)(CCCNS(=O)(=O)C(F)(F)C(F)(F)C(F)(F)C(F)(F)C(F)(F)C(F)(F)C(F)(F)C(F)(F)C(F)(F)C(F)(F)C(F)(F)C(F)(F)C(F)(F)F)CCC(=O)[O-]. The molecule has 0 amide bonds. The van der Waals surface area contributed by atoms with E-state index in [0.29, 0.717) is 0 Å². The van der Waals surface area contributed by atoms with Gasteiger partial charge in [-0.2, -0.15) is 119 Å². The molecule has 0 spiro atoms. The second kappa shape index (κ2) is 14.1. The van der Waals surface area contributed by atoms with Crippen molar-refractivity contribution in [2.45, 2.75) is 89.4 Å². The third kappa shape index (κ3) is 7.51. The van der Waals surface area contributed by atoms with Gasteiger partial charge in [-0.1, -0.05) is 0 Å². The van der Waals surface area contributed by atoms with E-state index in [4.69, 9.17) is 0 Å². The first kappa shape index (κ1) is 52.5. The molecule has 0 aromatic carbocycles. The summed E-state index contributed by atoms with van der Waals surface area (Å²) in [7, 11) is -5.56. The van der Waals surface area contributed by atoms with Crippen LogP contribution in [0.25, 0.3) is 0 Å². The van der Waals surface area contributed by atoms with Gasteiger partial charge in [-0.15, -0.1) is 0 Å². The van der Waals surface area contributed by atoms with Crippen molar-refractivity contribution in [3.63, 3.8) is 0 Å². The minimum absolute atomic E-state index is 0.273. The first-order chi connectivity index (χ1) is 23.4. The van der Waals surface area contributed by atoms with E-state index in [2.05, 4.69) is 0 Å². The Kier molecular flexibility index (Phi) is 13.4. The topological polar surface area (TPSA) is 86.3 Å². The summed E-state index contributed by atoms with van der Waals surface area (Å²) in [5.41, 5.74) is 0. The van der Waals surface area contributed by atoms with Crippen molar-refractivity contribution >= 4 is 16.0 Å². The molecule has 0 saturated heterocycles. The van der Waals surface area contributed by atoms with Crippen LogP contribution in [-0.4, -0.2) is 129 Å². The summed E-state index contributed by atoms with van der Waals surface area (Å²) >= 11 is 0. The monoisotopic (exact) mass is 906 g/mol. The van der Waals surface area contributed by atoms with Gasteiger partial charge in [-0.05, 0) is 0 Å². The number of carboxylic acid groups (broad SMARTS) is 1. The summed E-state index contributed by atoms with van der Waals surface area (Å²) in [5, 5.41) is 2.40. The molecule has 0 atom stereocenters. The highest BCUT2D eigenvalue weighted by atomic mass is 32.2. The molecule has 6 nitrogen and oxygen atoms in total. The first-order valence-electron chi connectivity index (χ1n) is 13.0. The number of carboxylic acids is 1. The number of hydrogen-bond acceptors (Lipinski definition) is 4. The number of quaternary nitrogens is 1. The highest BCUT2D eigenvalue weighted by Gasteiger charge is 3.00. The summed E-state index contributed by atoms with van der Waals surface area (Å²) in [5.74, 6) is -107. The van der Waals surface area contributed by atoms with Gasteiger partial charge < -0.3 is 14.4 Å². The summed E-state index contributed by atoms with van der Waals surface area (Å²) in [6, 6.07) is 0. The average Bonchev–Trinajstić information content (AvgIpc) is 2.96. The number of nitrogens with one attached hydrogen (secondary N) is 1. The van der Waals surface area contributed by atoms with Crippen LogP contribution < -0.4 is 9.83 Å². The molecule has 0 aliphatic carbocycles. The number of nitrogens with zero attached hydrogens (tertiary/aromatic N) is 1. The quantitative estimate of drug-likeness (QED) is 0.0843. The minimum Gasteiger partial charge on any atom is -0.550 e. The van der Waals surface area contributed by atoms with Crippen LogP contribution in [0.4, 0.5) is 119 Å². The van der Waals surface area contributed by atoms with E-state index >= 15 is 0 Å². The predicted octanol–water partition coefficient (Wildman–Crippen LogP) is 6.66. The second-order valence-electron chi connectivity index (χ2n) is 11.6. The van der Waals surface area contributed by atoms with Gasteiger partial charge in [0.15, 0.2) is 0 Å². The minimum atomic E-state index is -9.93. The smallest absolute Gasteiger partial charge is 0.460 e. The normalized spacial score (nSPS) is 16.5. The number of halogens is 27. The van der Waals surface area contributed by atoms with Gasteiger partial charge in [0, 0.05) is 25.4 Å². The molecule has 55 heavy (non-hydrogen) atoms. The Balaban J connectivity index is 7.12. The summed E-state index contributed by atoms with van der Waals surface area (Å²) in [4.78, 5) is 10.5. The number of sulfonamides is 1. The summed E-state index contributed by atoms with van der Waals surface area (Å²) < 4.78 is 390. The molecule has 0 bridgehead atoms. The number of rotatable bonds is 20. The molecule has 0 aliphatic rings. The molecule has 1 N–H and O–H groups in total. The number of aliphatic carboxylic acids is 1. The van der Waals surface area contributed by atoms with Crippen LogP contribution in [-0.2, 0) is 14.8 Å². The van der Waals surface area contributed by atoms with E-state index in [1.807, 2.05) is 0 Å². The lowest BCUT2D eigenvalue weighted by Crippen LogP contribution is -2.79. The van der Waals surface area contributed by atoms with Crippen molar-refractivity contribution < 1.29 is 141 Å².